The van der Waals surface area contributed by atoms with Crippen LogP contribution in [0.4, 0.5) is 5.82 Å². The summed E-state index contributed by atoms with van der Waals surface area (Å²) in [5.41, 5.74) is 7.54. The Kier molecular flexibility index (Phi) is 2.37. The van der Waals surface area contributed by atoms with Gasteiger partial charge in [-0.2, -0.15) is 0 Å². The average Bonchev–Trinajstić information content (AvgIpc) is 2.08. The molecule has 0 amide bonds. The van der Waals surface area contributed by atoms with E-state index in [4.69, 9.17) is 17.3 Å². The Balaban J connectivity index is 2.89. The van der Waals surface area contributed by atoms with E-state index in [1.165, 1.54) is 0 Å². The average molecular weight is 272 g/mol. The zero-order valence-corrected chi connectivity index (χ0v) is 9.85. The maximum absolute atomic E-state index is 5.93. The Morgan fingerprint density at radius 2 is 2.07 bits per heavy atom. The van der Waals surface area contributed by atoms with Gasteiger partial charge in [-0.3, -0.25) is 0 Å². The minimum atomic E-state index is 0.556. The van der Waals surface area contributed by atoms with E-state index < -0.39 is 0 Å². The number of rotatable bonds is 0. The van der Waals surface area contributed by atoms with Crippen LogP contribution >= 0.6 is 27.5 Å². The summed E-state index contributed by atoms with van der Waals surface area (Å²) in [6.07, 6.45) is 0. The van der Waals surface area contributed by atoms with Gasteiger partial charge in [0.1, 0.15) is 5.82 Å². The second kappa shape index (κ2) is 3.41. The van der Waals surface area contributed by atoms with Gasteiger partial charge >= 0.3 is 0 Å². The minimum Gasteiger partial charge on any atom is -0.383 e. The number of aryl methyl sites for hydroxylation is 1. The van der Waals surface area contributed by atoms with Crippen molar-refractivity contribution in [3.05, 3.63) is 33.3 Å². The van der Waals surface area contributed by atoms with Crippen molar-refractivity contribution in [3.63, 3.8) is 0 Å². The van der Waals surface area contributed by atoms with Gasteiger partial charge in [0, 0.05) is 14.9 Å². The Bertz CT molecular complexity index is 511. The van der Waals surface area contributed by atoms with Crippen molar-refractivity contribution in [3.8, 4) is 0 Å². The Morgan fingerprint density at radius 1 is 1.36 bits per heavy atom. The third kappa shape index (κ3) is 1.57. The molecule has 1 heterocycles. The molecular formula is C10H8BrClN2. The van der Waals surface area contributed by atoms with Crippen LogP contribution in [0.15, 0.2) is 22.7 Å². The lowest BCUT2D eigenvalue weighted by Gasteiger charge is -2.04. The molecule has 0 aliphatic heterocycles. The van der Waals surface area contributed by atoms with Crippen LogP contribution in [0.5, 0.6) is 0 Å². The highest BCUT2D eigenvalue weighted by Crippen LogP contribution is 2.28. The van der Waals surface area contributed by atoms with E-state index in [0.29, 0.717) is 10.8 Å². The molecule has 0 spiro atoms. The van der Waals surface area contributed by atoms with E-state index in [2.05, 4.69) is 20.9 Å². The maximum atomic E-state index is 5.93. The monoisotopic (exact) mass is 270 g/mol. The van der Waals surface area contributed by atoms with Crippen molar-refractivity contribution >= 4 is 44.3 Å². The van der Waals surface area contributed by atoms with Gasteiger partial charge in [0.05, 0.1) is 5.52 Å². The topological polar surface area (TPSA) is 38.9 Å². The highest BCUT2D eigenvalue weighted by Gasteiger charge is 2.05. The quantitative estimate of drug-likeness (QED) is 0.796. The van der Waals surface area contributed by atoms with Gasteiger partial charge in [-0.15, -0.1) is 0 Å². The van der Waals surface area contributed by atoms with Gasteiger partial charge in [0.2, 0.25) is 0 Å². The maximum Gasteiger partial charge on any atom is 0.127 e. The molecule has 2 nitrogen and oxygen atoms in total. The van der Waals surface area contributed by atoms with Crippen LogP contribution in [0.2, 0.25) is 5.02 Å². The molecule has 0 saturated carbocycles. The molecule has 0 unspecified atom stereocenters. The number of aromatic nitrogens is 1. The summed E-state index contributed by atoms with van der Waals surface area (Å²) >= 11 is 9.33. The van der Waals surface area contributed by atoms with E-state index in [-0.39, 0.29) is 0 Å². The Hall–Kier alpha value is -0.800. The third-order valence-electron chi connectivity index (χ3n) is 2.07. The largest absolute Gasteiger partial charge is 0.383 e. The number of nitrogens with two attached hydrogens (primary N) is 1. The van der Waals surface area contributed by atoms with Crippen LogP contribution in [-0.4, -0.2) is 4.98 Å². The van der Waals surface area contributed by atoms with Gasteiger partial charge in [-0.25, -0.2) is 4.98 Å². The van der Waals surface area contributed by atoms with Gasteiger partial charge < -0.3 is 5.73 Å². The first kappa shape index (κ1) is 9.74. The number of hydrogen-bond donors (Lipinski definition) is 1. The number of pyridine rings is 1. The van der Waals surface area contributed by atoms with Gasteiger partial charge in [-0.05, 0) is 46.6 Å². The summed E-state index contributed by atoms with van der Waals surface area (Å²) in [6.45, 7) is 1.93. The van der Waals surface area contributed by atoms with Crippen molar-refractivity contribution in [1.29, 1.82) is 0 Å². The molecule has 2 N–H and O–H groups in total. The molecule has 0 bridgehead atoms. The van der Waals surface area contributed by atoms with E-state index >= 15 is 0 Å². The molecule has 1 aromatic carbocycles. The SMILES string of the molecule is Cc1cc2cc(Cl)cc(Br)c2nc1N. The highest BCUT2D eigenvalue weighted by molar-refractivity contribution is 9.10. The minimum absolute atomic E-state index is 0.556. The normalized spacial score (nSPS) is 10.8. The lowest BCUT2D eigenvalue weighted by molar-refractivity contribution is 1.34. The van der Waals surface area contributed by atoms with Gasteiger partial charge in [0.15, 0.2) is 0 Å². The van der Waals surface area contributed by atoms with Gasteiger partial charge in [0.25, 0.3) is 0 Å². The predicted molar refractivity (Wildman–Crippen MR) is 63.6 cm³/mol. The first-order valence-corrected chi connectivity index (χ1v) is 5.27. The van der Waals surface area contributed by atoms with Crippen molar-refractivity contribution in [2.24, 2.45) is 0 Å². The number of benzene rings is 1. The second-order valence-electron chi connectivity index (χ2n) is 3.15. The zero-order valence-electron chi connectivity index (χ0n) is 7.51. The van der Waals surface area contributed by atoms with Crippen molar-refractivity contribution < 1.29 is 0 Å². The first-order valence-electron chi connectivity index (χ1n) is 4.10. The van der Waals surface area contributed by atoms with Crippen LogP contribution in [0.25, 0.3) is 10.9 Å². The van der Waals surface area contributed by atoms with E-state index in [1.807, 2.05) is 25.1 Å². The molecule has 0 saturated heterocycles. The van der Waals surface area contributed by atoms with Crippen LogP contribution in [-0.2, 0) is 0 Å². The number of nitrogens with zero attached hydrogens (tertiary/aromatic N) is 1. The Labute approximate surface area is 95.2 Å². The van der Waals surface area contributed by atoms with Crippen LogP contribution < -0.4 is 5.73 Å². The molecule has 2 rings (SSSR count). The van der Waals surface area contributed by atoms with E-state index in [0.717, 1.165) is 20.9 Å². The molecule has 0 aliphatic carbocycles. The molecule has 1 aromatic heterocycles. The number of halogens is 2. The molecule has 72 valence electrons. The fourth-order valence-corrected chi connectivity index (χ4v) is 2.25. The molecule has 14 heavy (non-hydrogen) atoms. The van der Waals surface area contributed by atoms with Crippen LogP contribution in [0.3, 0.4) is 0 Å². The fraction of sp³-hybridized carbons (Fsp3) is 0.100. The molecule has 0 atom stereocenters. The van der Waals surface area contributed by atoms with Crippen molar-refractivity contribution in [1.82, 2.24) is 4.98 Å². The highest BCUT2D eigenvalue weighted by atomic mass is 79.9. The summed E-state index contributed by atoms with van der Waals surface area (Å²) in [6, 6.07) is 5.67. The zero-order chi connectivity index (χ0) is 10.3. The summed E-state index contributed by atoms with van der Waals surface area (Å²) < 4.78 is 0.867. The Morgan fingerprint density at radius 3 is 2.79 bits per heavy atom. The number of fused-ring (bicyclic) bond motifs is 1. The lowest BCUT2D eigenvalue weighted by atomic mass is 10.1. The summed E-state index contributed by atoms with van der Waals surface area (Å²) in [5, 5.41) is 1.69. The number of hydrogen-bond acceptors (Lipinski definition) is 2. The van der Waals surface area contributed by atoms with Crippen molar-refractivity contribution in [2.45, 2.75) is 6.92 Å². The predicted octanol–water partition coefficient (Wildman–Crippen LogP) is 3.54. The van der Waals surface area contributed by atoms with E-state index in [9.17, 15) is 0 Å². The molecule has 4 heteroatoms. The molecule has 0 radical (unpaired) electrons. The van der Waals surface area contributed by atoms with E-state index in [1.54, 1.807) is 0 Å². The first-order chi connectivity index (χ1) is 6.58. The third-order valence-corrected chi connectivity index (χ3v) is 2.89. The fourth-order valence-electron chi connectivity index (χ4n) is 1.33. The number of nitrogen functional groups attached to an aromatic ring is 1. The molecule has 0 aliphatic rings. The summed E-state index contributed by atoms with van der Waals surface area (Å²) in [4.78, 5) is 4.29. The van der Waals surface area contributed by atoms with Gasteiger partial charge in [-0.1, -0.05) is 11.6 Å². The smallest absolute Gasteiger partial charge is 0.127 e. The van der Waals surface area contributed by atoms with Crippen LogP contribution in [0, 0.1) is 6.92 Å². The molecule has 2 aromatic rings. The van der Waals surface area contributed by atoms with Crippen molar-refractivity contribution in [2.75, 3.05) is 5.73 Å². The number of anilines is 1. The second-order valence-corrected chi connectivity index (χ2v) is 4.44. The summed E-state index contributed by atoms with van der Waals surface area (Å²) in [7, 11) is 0. The molecule has 0 fully saturated rings. The molecular weight excluding hydrogens is 263 g/mol. The summed E-state index contributed by atoms with van der Waals surface area (Å²) in [5.74, 6) is 0.556. The lowest BCUT2D eigenvalue weighted by Crippen LogP contribution is -1.94. The standard InChI is InChI=1S/C10H8BrClN2/c1-5-2-6-3-7(12)4-8(11)9(6)14-10(5)13/h2-4H,1H3,(H2,13,14). The van der Waals surface area contributed by atoms with Crippen LogP contribution in [0.1, 0.15) is 5.56 Å².